The first kappa shape index (κ1) is 27.7. The summed E-state index contributed by atoms with van der Waals surface area (Å²) in [4.78, 5) is 29.7. The number of piperazine rings is 1. The van der Waals surface area contributed by atoms with Gasteiger partial charge >= 0.3 is 12.0 Å². The zero-order valence-electron chi connectivity index (χ0n) is 22.0. The fourth-order valence-electron chi connectivity index (χ4n) is 4.88. The van der Waals surface area contributed by atoms with Gasteiger partial charge in [-0.1, -0.05) is 29.8 Å². The van der Waals surface area contributed by atoms with Gasteiger partial charge in [0.05, 0.1) is 23.1 Å². The molecule has 2 aliphatic rings. The Morgan fingerprint density at radius 2 is 1.76 bits per heavy atom. The Kier molecular flexibility index (Phi) is 8.19. The van der Waals surface area contributed by atoms with Crippen molar-refractivity contribution < 1.29 is 27.1 Å². The molecule has 11 heteroatoms. The maximum absolute atomic E-state index is 13.6. The average Bonchev–Trinajstić information content (AvgIpc) is 2.87. The molecule has 38 heavy (non-hydrogen) atoms. The minimum atomic E-state index is -3.67. The van der Waals surface area contributed by atoms with Crippen molar-refractivity contribution >= 4 is 22.0 Å². The monoisotopic (exact) mass is 544 g/mol. The fraction of sp³-hybridized carbons (Fsp3) is 0.407. The van der Waals surface area contributed by atoms with Crippen molar-refractivity contribution in [2.75, 3.05) is 39.8 Å². The molecule has 0 saturated carbocycles. The van der Waals surface area contributed by atoms with Crippen LogP contribution in [0.5, 0.6) is 0 Å². The third-order valence-electron chi connectivity index (χ3n) is 6.93. The molecule has 2 atom stereocenters. The van der Waals surface area contributed by atoms with Gasteiger partial charge in [-0.3, -0.25) is 9.80 Å². The van der Waals surface area contributed by atoms with Crippen LogP contribution < -0.4 is 5.32 Å². The second kappa shape index (κ2) is 11.2. The van der Waals surface area contributed by atoms with E-state index in [4.69, 9.17) is 4.74 Å². The van der Waals surface area contributed by atoms with Crippen molar-refractivity contribution in [3.05, 3.63) is 76.7 Å². The Balaban J connectivity index is 1.62. The van der Waals surface area contributed by atoms with Crippen LogP contribution in [0.3, 0.4) is 0 Å². The van der Waals surface area contributed by atoms with Crippen LogP contribution in [0.2, 0.25) is 0 Å². The largest absolute Gasteiger partial charge is 0.463 e. The summed E-state index contributed by atoms with van der Waals surface area (Å²) in [5.74, 6) is -1.00. The Morgan fingerprint density at radius 1 is 1.11 bits per heavy atom. The van der Waals surface area contributed by atoms with E-state index in [0.717, 1.165) is 5.56 Å². The van der Waals surface area contributed by atoms with E-state index < -0.39 is 33.9 Å². The summed E-state index contributed by atoms with van der Waals surface area (Å²) in [6, 6.07) is 10.8. The van der Waals surface area contributed by atoms with Crippen molar-refractivity contribution in [3.8, 4) is 0 Å². The number of carbonyl (C=O) groups is 2. The molecule has 0 unspecified atom stereocenters. The van der Waals surface area contributed by atoms with E-state index in [1.807, 2.05) is 18.7 Å². The standard InChI is InChI=1S/C27H33FN4O5S/c1-5-37-26(33)24-23(30(4)27(34)29-25(24)20-8-10-21(28)11-9-20)17-31-14-15-32(19(3)16-31)38(35,36)22-12-6-18(2)7-13-22/h6-13,19,25H,5,14-17H2,1-4H3,(H,29,34)/t19-,25-/m1/s1. The van der Waals surface area contributed by atoms with Gasteiger partial charge in [-0.05, 0) is 50.6 Å². The molecule has 9 nitrogen and oxygen atoms in total. The van der Waals surface area contributed by atoms with Crippen molar-refractivity contribution in [3.63, 3.8) is 0 Å². The fourth-order valence-corrected chi connectivity index (χ4v) is 6.49. The van der Waals surface area contributed by atoms with Gasteiger partial charge in [0.25, 0.3) is 0 Å². The maximum atomic E-state index is 13.6. The number of hydrogen-bond donors (Lipinski definition) is 1. The molecule has 4 rings (SSSR count). The van der Waals surface area contributed by atoms with E-state index in [-0.39, 0.29) is 36.2 Å². The zero-order chi connectivity index (χ0) is 27.6. The molecular weight excluding hydrogens is 511 g/mol. The van der Waals surface area contributed by atoms with Crippen LogP contribution in [-0.2, 0) is 19.6 Å². The predicted molar refractivity (Wildman–Crippen MR) is 140 cm³/mol. The number of halogens is 1. The van der Waals surface area contributed by atoms with Crippen LogP contribution in [0.1, 0.15) is 31.0 Å². The summed E-state index contributed by atoms with van der Waals surface area (Å²) in [5.41, 5.74) is 2.26. The molecule has 2 aliphatic heterocycles. The number of esters is 1. The van der Waals surface area contributed by atoms with E-state index in [0.29, 0.717) is 24.4 Å². The minimum absolute atomic E-state index is 0.149. The van der Waals surface area contributed by atoms with Crippen LogP contribution in [0.25, 0.3) is 0 Å². The molecule has 2 heterocycles. The van der Waals surface area contributed by atoms with Crippen LogP contribution in [0.4, 0.5) is 9.18 Å². The maximum Gasteiger partial charge on any atom is 0.338 e. The number of rotatable bonds is 7. The average molecular weight is 545 g/mol. The summed E-state index contributed by atoms with van der Waals surface area (Å²) >= 11 is 0. The van der Waals surface area contributed by atoms with Crippen LogP contribution in [0, 0.1) is 12.7 Å². The van der Waals surface area contributed by atoms with E-state index in [1.165, 1.54) is 33.5 Å². The van der Waals surface area contributed by atoms with Crippen LogP contribution >= 0.6 is 0 Å². The number of nitrogens with zero attached hydrogens (tertiary/aromatic N) is 3. The van der Waals surface area contributed by atoms with E-state index in [9.17, 15) is 22.4 Å². The number of carbonyl (C=O) groups excluding carboxylic acids is 2. The molecule has 1 fully saturated rings. The Labute approximate surface area is 222 Å². The number of ether oxygens (including phenoxy) is 1. The van der Waals surface area contributed by atoms with Gasteiger partial charge in [0.1, 0.15) is 5.82 Å². The smallest absolute Gasteiger partial charge is 0.338 e. The number of sulfonamides is 1. The summed E-state index contributed by atoms with van der Waals surface area (Å²) in [7, 11) is -2.09. The van der Waals surface area contributed by atoms with Gasteiger partial charge in [-0.25, -0.2) is 22.4 Å². The molecule has 2 amide bonds. The number of aryl methyl sites for hydroxylation is 1. The minimum Gasteiger partial charge on any atom is -0.463 e. The van der Waals surface area contributed by atoms with Gasteiger partial charge in [0, 0.05) is 45.0 Å². The van der Waals surface area contributed by atoms with Crippen molar-refractivity contribution in [1.29, 1.82) is 0 Å². The highest BCUT2D eigenvalue weighted by molar-refractivity contribution is 7.89. The van der Waals surface area contributed by atoms with Gasteiger partial charge < -0.3 is 10.1 Å². The van der Waals surface area contributed by atoms with Gasteiger partial charge in [0.2, 0.25) is 10.0 Å². The molecule has 1 saturated heterocycles. The Bertz CT molecular complexity index is 1330. The SMILES string of the molecule is CCOC(=O)C1=C(CN2CCN(S(=O)(=O)c3ccc(C)cc3)[C@H](C)C2)N(C)C(=O)N[C@@H]1c1ccc(F)cc1. The van der Waals surface area contributed by atoms with E-state index in [2.05, 4.69) is 5.32 Å². The second-order valence-electron chi connectivity index (χ2n) is 9.59. The highest BCUT2D eigenvalue weighted by atomic mass is 32.2. The van der Waals surface area contributed by atoms with Crippen LogP contribution in [-0.4, -0.2) is 80.4 Å². The Morgan fingerprint density at radius 3 is 2.37 bits per heavy atom. The quantitative estimate of drug-likeness (QED) is 0.538. The predicted octanol–water partition coefficient (Wildman–Crippen LogP) is 3.04. The van der Waals surface area contributed by atoms with E-state index in [1.54, 1.807) is 38.2 Å². The van der Waals surface area contributed by atoms with Crippen molar-refractivity contribution in [2.24, 2.45) is 0 Å². The van der Waals surface area contributed by atoms with Gasteiger partial charge in [-0.15, -0.1) is 0 Å². The highest BCUT2D eigenvalue weighted by Gasteiger charge is 2.39. The topological polar surface area (TPSA) is 99.3 Å². The molecule has 0 aromatic heterocycles. The molecule has 0 spiro atoms. The molecule has 0 bridgehead atoms. The normalized spacial score (nSPS) is 21.4. The van der Waals surface area contributed by atoms with Crippen molar-refractivity contribution in [1.82, 2.24) is 19.4 Å². The Hall–Kier alpha value is -3.28. The number of nitrogens with one attached hydrogen (secondary N) is 1. The first-order valence-electron chi connectivity index (χ1n) is 12.5. The number of benzene rings is 2. The summed E-state index contributed by atoms with van der Waals surface area (Å²) in [5, 5.41) is 2.82. The summed E-state index contributed by atoms with van der Waals surface area (Å²) in [6.07, 6.45) is 0. The molecule has 204 valence electrons. The first-order valence-corrected chi connectivity index (χ1v) is 14.0. The summed E-state index contributed by atoms with van der Waals surface area (Å²) in [6.45, 7) is 6.90. The lowest BCUT2D eigenvalue weighted by molar-refractivity contribution is -0.139. The number of urea groups is 1. The second-order valence-corrected chi connectivity index (χ2v) is 11.5. The third kappa shape index (κ3) is 5.59. The van der Waals surface area contributed by atoms with Gasteiger partial charge in [-0.2, -0.15) is 4.31 Å². The number of hydrogen-bond acceptors (Lipinski definition) is 6. The molecule has 0 aliphatic carbocycles. The molecule has 0 radical (unpaired) electrons. The first-order chi connectivity index (χ1) is 18.0. The van der Waals surface area contributed by atoms with Gasteiger partial charge in [0.15, 0.2) is 0 Å². The molecule has 2 aromatic rings. The lowest BCUT2D eigenvalue weighted by Gasteiger charge is -2.41. The molecule has 2 aromatic carbocycles. The highest BCUT2D eigenvalue weighted by Crippen LogP contribution is 2.32. The van der Waals surface area contributed by atoms with E-state index >= 15 is 0 Å². The summed E-state index contributed by atoms with van der Waals surface area (Å²) < 4.78 is 47.0. The third-order valence-corrected chi connectivity index (χ3v) is 8.95. The number of likely N-dealkylation sites (N-methyl/N-ethyl adjacent to an activating group) is 1. The lowest BCUT2D eigenvalue weighted by Crippen LogP contribution is -2.56. The number of amides is 2. The zero-order valence-corrected chi connectivity index (χ0v) is 22.8. The molecular formula is C27H33FN4O5S. The van der Waals surface area contributed by atoms with Crippen molar-refractivity contribution in [2.45, 2.75) is 37.8 Å². The van der Waals surface area contributed by atoms with Crippen LogP contribution in [0.15, 0.2) is 64.7 Å². The lowest BCUT2D eigenvalue weighted by atomic mass is 9.94. The molecule has 1 N–H and O–H groups in total.